The zero-order valence-corrected chi connectivity index (χ0v) is 15.5. The van der Waals surface area contributed by atoms with E-state index in [4.69, 9.17) is 4.74 Å². The van der Waals surface area contributed by atoms with Crippen molar-refractivity contribution in [2.75, 3.05) is 0 Å². The van der Waals surface area contributed by atoms with Crippen LogP contribution in [0.15, 0.2) is 79.2 Å². The minimum absolute atomic E-state index is 0.541. The largest absolute Gasteiger partial charge is 0.421 e. The third kappa shape index (κ3) is 3.97. The first-order chi connectivity index (χ1) is 13.2. The van der Waals surface area contributed by atoms with E-state index in [2.05, 4.69) is 47.0 Å². The highest BCUT2D eigenvalue weighted by Crippen LogP contribution is 2.26. The molecule has 5 heteroatoms. The van der Waals surface area contributed by atoms with Gasteiger partial charge >= 0.3 is 0 Å². The number of hydrogen-bond acceptors (Lipinski definition) is 4. The summed E-state index contributed by atoms with van der Waals surface area (Å²) in [7, 11) is 0. The Morgan fingerprint density at radius 3 is 2.63 bits per heavy atom. The minimum atomic E-state index is 0.541. The van der Waals surface area contributed by atoms with E-state index in [1.165, 1.54) is 5.57 Å². The summed E-state index contributed by atoms with van der Waals surface area (Å²) in [4.78, 5) is 12.8. The predicted octanol–water partition coefficient (Wildman–Crippen LogP) is 4.90. The van der Waals surface area contributed by atoms with Crippen molar-refractivity contribution in [3.05, 3.63) is 79.2 Å². The molecule has 0 radical (unpaired) electrons. The Balaban J connectivity index is 1.47. The maximum atomic E-state index is 5.95. The summed E-state index contributed by atoms with van der Waals surface area (Å²) in [5.41, 5.74) is 3.30. The third-order valence-corrected chi connectivity index (χ3v) is 4.89. The molecule has 0 bridgehead atoms. The molecule has 136 valence electrons. The molecule has 3 aromatic heterocycles. The lowest BCUT2D eigenvalue weighted by molar-refractivity contribution is 0.419. The molecule has 0 aromatic carbocycles. The van der Waals surface area contributed by atoms with E-state index in [0.29, 0.717) is 23.6 Å². The highest BCUT2D eigenvalue weighted by molar-refractivity contribution is 5.61. The first-order valence-corrected chi connectivity index (χ1v) is 9.12. The molecule has 2 unspecified atom stereocenters. The molecule has 0 saturated carbocycles. The lowest BCUT2D eigenvalue weighted by Gasteiger charge is -2.19. The van der Waals surface area contributed by atoms with Crippen LogP contribution in [0, 0.1) is 11.8 Å². The summed E-state index contributed by atoms with van der Waals surface area (Å²) in [6.07, 6.45) is 15.6. The van der Waals surface area contributed by atoms with Crippen molar-refractivity contribution in [1.29, 1.82) is 0 Å². The summed E-state index contributed by atoms with van der Waals surface area (Å²) in [6.45, 7) is 5.21. The van der Waals surface area contributed by atoms with Crippen molar-refractivity contribution in [2.24, 2.45) is 11.8 Å². The van der Waals surface area contributed by atoms with Crippen molar-refractivity contribution >= 4 is 0 Å². The molecule has 0 aliphatic heterocycles. The molecule has 1 aliphatic rings. The van der Waals surface area contributed by atoms with E-state index in [1.54, 1.807) is 24.9 Å². The number of allylic oxidation sites excluding steroid dienone is 4. The highest BCUT2D eigenvalue weighted by Gasteiger charge is 2.14. The topological polar surface area (TPSA) is 52.8 Å². The average molecular weight is 358 g/mol. The number of rotatable bonds is 5. The van der Waals surface area contributed by atoms with Gasteiger partial charge in [0.2, 0.25) is 11.8 Å². The van der Waals surface area contributed by atoms with Gasteiger partial charge in [-0.15, -0.1) is 0 Å². The Bertz CT molecular complexity index is 957. The van der Waals surface area contributed by atoms with Gasteiger partial charge in [-0.05, 0) is 29.5 Å². The van der Waals surface area contributed by atoms with Crippen LogP contribution in [0.1, 0.15) is 13.8 Å². The van der Waals surface area contributed by atoms with E-state index in [0.717, 1.165) is 17.7 Å². The smallest absolute Gasteiger partial charge is 0.222 e. The second-order valence-electron chi connectivity index (χ2n) is 6.91. The maximum Gasteiger partial charge on any atom is 0.222 e. The Kier molecular flexibility index (Phi) is 4.83. The SMILES string of the molecule is CC1C=CC(Cn2cncc2Oc2ccc(-c3cccnc3)cn2)=CC1C. The normalized spacial score (nSPS) is 19.0. The fourth-order valence-electron chi connectivity index (χ4n) is 3.06. The number of imidazole rings is 1. The maximum absolute atomic E-state index is 5.95. The molecule has 0 N–H and O–H groups in total. The second-order valence-corrected chi connectivity index (χ2v) is 6.91. The van der Waals surface area contributed by atoms with Gasteiger partial charge in [0, 0.05) is 35.8 Å². The van der Waals surface area contributed by atoms with Gasteiger partial charge in [-0.2, -0.15) is 0 Å². The van der Waals surface area contributed by atoms with Gasteiger partial charge in [-0.1, -0.05) is 38.1 Å². The number of pyridine rings is 2. The quantitative estimate of drug-likeness (QED) is 0.651. The molecule has 0 amide bonds. The molecule has 1 aliphatic carbocycles. The summed E-state index contributed by atoms with van der Waals surface area (Å²) in [5, 5.41) is 0. The van der Waals surface area contributed by atoms with Crippen molar-refractivity contribution in [3.8, 4) is 22.9 Å². The molecule has 3 aromatic rings. The van der Waals surface area contributed by atoms with Crippen molar-refractivity contribution < 1.29 is 4.74 Å². The highest BCUT2D eigenvalue weighted by atomic mass is 16.5. The molecule has 0 saturated heterocycles. The van der Waals surface area contributed by atoms with E-state index in [9.17, 15) is 0 Å². The van der Waals surface area contributed by atoms with E-state index in [-0.39, 0.29) is 0 Å². The molecular formula is C22H22N4O. The molecule has 4 rings (SSSR count). The van der Waals surface area contributed by atoms with Gasteiger partial charge in [-0.25, -0.2) is 9.97 Å². The first-order valence-electron chi connectivity index (χ1n) is 9.12. The summed E-state index contributed by atoms with van der Waals surface area (Å²) >= 11 is 0. The van der Waals surface area contributed by atoms with Crippen LogP contribution in [-0.2, 0) is 6.54 Å². The lowest BCUT2D eigenvalue weighted by Crippen LogP contribution is -2.10. The number of hydrogen-bond donors (Lipinski definition) is 0. The zero-order valence-electron chi connectivity index (χ0n) is 15.5. The Morgan fingerprint density at radius 2 is 1.89 bits per heavy atom. The van der Waals surface area contributed by atoms with Crippen LogP contribution in [0.3, 0.4) is 0 Å². The van der Waals surface area contributed by atoms with Crippen LogP contribution in [-0.4, -0.2) is 19.5 Å². The van der Waals surface area contributed by atoms with Gasteiger partial charge in [0.15, 0.2) is 0 Å². The fraction of sp³-hybridized carbons (Fsp3) is 0.227. The Morgan fingerprint density at radius 1 is 1.00 bits per heavy atom. The van der Waals surface area contributed by atoms with E-state index in [1.807, 2.05) is 35.0 Å². The monoisotopic (exact) mass is 358 g/mol. The molecule has 27 heavy (non-hydrogen) atoms. The van der Waals surface area contributed by atoms with Crippen molar-refractivity contribution in [2.45, 2.75) is 20.4 Å². The molecule has 0 fully saturated rings. The van der Waals surface area contributed by atoms with Crippen LogP contribution in [0.5, 0.6) is 11.8 Å². The summed E-state index contributed by atoms with van der Waals surface area (Å²) in [5.74, 6) is 2.34. The molecule has 5 nitrogen and oxygen atoms in total. The summed E-state index contributed by atoms with van der Waals surface area (Å²) < 4.78 is 7.95. The number of nitrogens with zero attached hydrogens (tertiary/aromatic N) is 4. The lowest BCUT2D eigenvalue weighted by atomic mass is 9.88. The van der Waals surface area contributed by atoms with Gasteiger partial charge in [-0.3, -0.25) is 9.55 Å². The second kappa shape index (κ2) is 7.58. The Hall–Kier alpha value is -3.21. The van der Waals surface area contributed by atoms with E-state index < -0.39 is 0 Å². The van der Waals surface area contributed by atoms with Gasteiger partial charge in [0.1, 0.15) is 0 Å². The average Bonchev–Trinajstić information content (AvgIpc) is 3.13. The van der Waals surface area contributed by atoms with Crippen LogP contribution in [0.4, 0.5) is 0 Å². The van der Waals surface area contributed by atoms with Crippen LogP contribution >= 0.6 is 0 Å². The molecular weight excluding hydrogens is 336 g/mol. The third-order valence-electron chi connectivity index (χ3n) is 4.89. The van der Waals surface area contributed by atoms with Crippen LogP contribution in [0.25, 0.3) is 11.1 Å². The zero-order chi connectivity index (χ0) is 18.6. The number of ether oxygens (including phenoxy) is 1. The van der Waals surface area contributed by atoms with Gasteiger partial charge < -0.3 is 4.74 Å². The van der Waals surface area contributed by atoms with Crippen molar-refractivity contribution in [1.82, 2.24) is 19.5 Å². The summed E-state index contributed by atoms with van der Waals surface area (Å²) in [6, 6.07) is 7.76. The van der Waals surface area contributed by atoms with Gasteiger partial charge in [0.05, 0.1) is 19.1 Å². The fourth-order valence-corrected chi connectivity index (χ4v) is 3.06. The van der Waals surface area contributed by atoms with Gasteiger partial charge in [0.25, 0.3) is 0 Å². The Labute approximate surface area is 159 Å². The first kappa shape index (κ1) is 17.2. The van der Waals surface area contributed by atoms with E-state index >= 15 is 0 Å². The van der Waals surface area contributed by atoms with Crippen LogP contribution < -0.4 is 4.74 Å². The minimum Gasteiger partial charge on any atom is -0.421 e. The van der Waals surface area contributed by atoms with Crippen molar-refractivity contribution in [3.63, 3.8) is 0 Å². The van der Waals surface area contributed by atoms with Crippen LogP contribution in [0.2, 0.25) is 0 Å². The molecule has 2 atom stereocenters. The molecule has 0 spiro atoms. The standard InChI is InChI=1S/C22H22N4O/c1-16-5-6-18(10-17(16)2)14-26-15-24-13-22(26)27-21-8-7-20(12-25-21)19-4-3-9-23-11-19/h3-13,15-17H,14H2,1-2H3. The molecule has 3 heterocycles. The number of aromatic nitrogens is 4. The predicted molar refractivity (Wildman–Crippen MR) is 105 cm³/mol.